The third-order valence-corrected chi connectivity index (χ3v) is 2.83. The van der Waals surface area contributed by atoms with Crippen molar-refractivity contribution in [3.63, 3.8) is 0 Å². The van der Waals surface area contributed by atoms with Crippen molar-refractivity contribution >= 4 is 17.4 Å². The van der Waals surface area contributed by atoms with Crippen LogP contribution in [0.25, 0.3) is 11.4 Å². The van der Waals surface area contributed by atoms with E-state index in [1.165, 1.54) is 25.3 Å². The van der Waals surface area contributed by atoms with Gasteiger partial charge in [0, 0.05) is 11.8 Å². The zero-order valence-electron chi connectivity index (χ0n) is 9.87. The first kappa shape index (κ1) is 12.6. The topological polar surface area (TPSA) is 42.9 Å². The van der Waals surface area contributed by atoms with Crippen LogP contribution in [0, 0.1) is 12.7 Å². The average Bonchev–Trinajstić information content (AvgIpc) is 2.32. The van der Waals surface area contributed by atoms with Gasteiger partial charge in [-0.15, -0.1) is 0 Å². The van der Waals surface area contributed by atoms with Crippen molar-refractivity contribution in [3.8, 4) is 11.4 Å². The summed E-state index contributed by atoms with van der Waals surface area (Å²) in [4.78, 5) is 19.6. The minimum absolute atomic E-state index is 0.0180. The molecule has 1 heterocycles. The molecule has 0 bridgehead atoms. The van der Waals surface area contributed by atoms with E-state index in [0.29, 0.717) is 22.6 Å². The van der Waals surface area contributed by atoms with E-state index in [4.69, 9.17) is 11.6 Å². The van der Waals surface area contributed by atoms with Gasteiger partial charge in [-0.25, -0.2) is 14.4 Å². The molecule has 0 aliphatic carbocycles. The first-order chi connectivity index (χ1) is 8.49. The van der Waals surface area contributed by atoms with Crippen LogP contribution >= 0.6 is 11.6 Å². The molecule has 92 valence electrons. The third kappa shape index (κ3) is 2.38. The highest BCUT2D eigenvalue weighted by molar-refractivity contribution is 6.31. The Labute approximate surface area is 109 Å². The van der Waals surface area contributed by atoms with Crippen LogP contribution < -0.4 is 0 Å². The van der Waals surface area contributed by atoms with E-state index in [-0.39, 0.29) is 10.8 Å². The predicted octanol–water partition coefficient (Wildman–Crippen LogP) is 3.45. The molecule has 0 saturated carbocycles. The van der Waals surface area contributed by atoms with Crippen molar-refractivity contribution in [3.05, 3.63) is 46.5 Å². The van der Waals surface area contributed by atoms with Gasteiger partial charge in [0.2, 0.25) is 0 Å². The molecular formula is C13H10ClFN2O. The number of carbonyl (C=O) groups is 1. The van der Waals surface area contributed by atoms with Crippen molar-refractivity contribution in [2.45, 2.75) is 13.8 Å². The number of rotatable bonds is 2. The number of aromatic nitrogens is 2. The summed E-state index contributed by atoms with van der Waals surface area (Å²) in [6, 6.07) is 4.26. The summed E-state index contributed by atoms with van der Waals surface area (Å²) in [6.07, 6.45) is 1.47. The molecule has 0 aliphatic heterocycles. The molecule has 18 heavy (non-hydrogen) atoms. The Bertz CT molecular complexity index is 628. The Morgan fingerprint density at radius 1 is 1.39 bits per heavy atom. The van der Waals surface area contributed by atoms with Crippen LogP contribution in [0.1, 0.15) is 23.0 Å². The summed E-state index contributed by atoms with van der Waals surface area (Å²) in [7, 11) is 0. The summed E-state index contributed by atoms with van der Waals surface area (Å²) in [6.45, 7) is 3.19. The van der Waals surface area contributed by atoms with Gasteiger partial charge in [-0.05, 0) is 32.0 Å². The summed E-state index contributed by atoms with van der Waals surface area (Å²) in [5.41, 5.74) is 1.68. The molecule has 0 unspecified atom stereocenters. The fourth-order valence-electron chi connectivity index (χ4n) is 1.59. The van der Waals surface area contributed by atoms with Gasteiger partial charge in [0.05, 0.1) is 16.3 Å². The number of carbonyl (C=O) groups excluding carboxylic acids is 1. The Balaban J connectivity index is 2.48. The maximum atomic E-state index is 13.0. The molecule has 3 nitrogen and oxygen atoms in total. The van der Waals surface area contributed by atoms with E-state index in [2.05, 4.69) is 9.97 Å². The summed E-state index contributed by atoms with van der Waals surface area (Å²) in [5, 5.41) is 0.0180. The monoisotopic (exact) mass is 264 g/mol. The van der Waals surface area contributed by atoms with Gasteiger partial charge in [0.1, 0.15) is 5.82 Å². The molecular weight excluding hydrogens is 255 g/mol. The lowest BCUT2D eigenvalue weighted by Crippen LogP contribution is -2.02. The quantitative estimate of drug-likeness (QED) is 0.780. The number of Topliss-reactive ketones (excluding diaryl/α,β-unsaturated/α-hetero) is 1. The van der Waals surface area contributed by atoms with Crippen molar-refractivity contribution in [1.29, 1.82) is 0 Å². The minimum Gasteiger partial charge on any atom is -0.294 e. The van der Waals surface area contributed by atoms with E-state index in [1.54, 1.807) is 13.0 Å². The average molecular weight is 265 g/mol. The predicted molar refractivity (Wildman–Crippen MR) is 67.2 cm³/mol. The normalized spacial score (nSPS) is 10.4. The molecule has 5 heteroatoms. The number of nitrogens with zero attached hydrogens (tertiary/aromatic N) is 2. The van der Waals surface area contributed by atoms with Crippen molar-refractivity contribution in [1.82, 2.24) is 9.97 Å². The summed E-state index contributed by atoms with van der Waals surface area (Å²) in [5.74, 6) is -0.159. The number of hydrogen-bond acceptors (Lipinski definition) is 3. The number of halogens is 2. The molecule has 2 aromatic rings. The van der Waals surface area contributed by atoms with Crippen LogP contribution in [-0.2, 0) is 0 Å². The van der Waals surface area contributed by atoms with Crippen molar-refractivity contribution in [2.24, 2.45) is 0 Å². The lowest BCUT2D eigenvalue weighted by Gasteiger charge is -2.05. The number of hydrogen-bond donors (Lipinski definition) is 0. The number of aryl methyl sites for hydroxylation is 1. The third-order valence-electron chi connectivity index (χ3n) is 2.54. The van der Waals surface area contributed by atoms with Gasteiger partial charge in [-0.2, -0.15) is 0 Å². The smallest absolute Gasteiger partial charge is 0.163 e. The van der Waals surface area contributed by atoms with Crippen LogP contribution in [0.15, 0.2) is 24.4 Å². The van der Waals surface area contributed by atoms with E-state index in [9.17, 15) is 9.18 Å². The van der Waals surface area contributed by atoms with Crippen LogP contribution in [0.4, 0.5) is 4.39 Å². The Hall–Kier alpha value is -1.81. The number of ketones is 1. The zero-order chi connectivity index (χ0) is 13.3. The standard InChI is InChI=1S/C13H10ClFN2O/c1-7-10(8(2)18)6-16-13(17-7)9-3-4-12(15)11(14)5-9/h3-6H,1-2H3. The van der Waals surface area contributed by atoms with Crippen LogP contribution in [0.5, 0.6) is 0 Å². The number of benzene rings is 1. The fraction of sp³-hybridized carbons (Fsp3) is 0.154. The van der Waals surface area contributed by atoms with Gasteiger partial charge < -0.3 is 0 Å². The first-order valence-electron chi connectivity index (χ1n) is 5.29. The molecule has 0 atom stereocenters. The van der Waals surface area contributed by atoms with Gasteiger partial charge in [0.25, 0.3) is 0 Å². The van der Waals surface area contributed by atoms with Crippen LogP contribution in [0.2, 0.25) is 5.02 Å². The Kier molecular flexibility index (Phi) is 3.39. The minimum atomic E-state index is -0.488. The largest absolute Gasteiger partial charge is 0.294 e. The molecule has 0 spiro atoms. The fourth-order valence-corrected chi connectivity index (χ4v) is 1.77. The Morgan fingerprint density at radius 2 is 2.11 bits per heavy atom. The highest BCUT2D eigenvalue weighted by Crippen LogP contribution is 2.22. The van der Waals surface area contributed by atoms with Crippen molar-refractivity contribution in [2.75, 3.05) is 0 Å². The molecule has 2 rings (SSSR count). The molecule has 0 saturated heterocycles. The molecule has 1 aromatic heterocycles. The molecule has 0 fully saturated rings. The summed E-state index contributed by atoms with van der Waals surface area (Å²) < 4.78 is 13.0. The second kappa shape index (κ2) is 4.82. The SMILES string of the molecule is CC(=O)c1cnc(-c2ccc(F)c(Cl)c2)nc1C. The molecule has 0 amide bonds. The lowest BCUT2D eigenvalue weighted by molar-refractivity contribution is 0.101. The summed E-state index contributed by atoms with van der Waals surface area (Å²) >= 11 is 5.70. The van der Waals surface area contributed by atoms with E-state index in [1.807, 2.05) is 0 Å². The molecule has 0 aliphatic rings. The lowest BCUT2D eigenvalue weighted by atomic mass is 10.1. The van der Waals surface area contributed by atoms with Gasteiger partial charge >= 0.3 is 0 Å². The molecule has 0 radical (unpaired) electrons. The highest BCUT2D eigenvalue weighted by atomic mass is 35.5. The van der Waals surface area contributed by atoms with E-state index < -0.39 is 5.82 Å². The zero-order valence-corrected chi connectivity index (χ0v) is 10.6. The van der Waals surface area contributed by atoms with Gasteiger partial charge in [-0.3, -0.25) is 4.79 Å². The van der Waals surface area contributed by atoms with Crippen LogP contribution in [-0.4, -0.2) is 15.8 Å². The van der Waals surface area contributed by atoms with E-state index in [0.717, 1.165) is 0 Å². The maximum Gasteiger partial charge on any atom is 0.163 e. The van der Waals surface area contributed by atoms with Gasteiger partial charge in [-0.1, -0.05) is 11.6 Å². The second-order valence-corrected chi connectivity index (χ2v) is 4.28. The van der Waals surface area contributed by atoms with Crippen molar-refractivity contribution < 1.29 is 9.18 Å². The molecule has 1 aromatic carbocycles. The van der Waals surface area contributed by atoms with Crippen LogP contribution in [0.3, 0.4) is 0 Å². The van der Waals surface area contributed by atoms with Gasteiger partial charge in [0.15, 0.2) is 11.6 Å². The second-order valence-electron chi connectivity index (χ2n) is 3.88. The van der Waals surface area contributed by atoms with E-state index >= 15 is 0 Å². The highest BCUT2D eigenvalue weighted by Gasteiger charge is 2.10. The molecule has 0 N–H and O–H groups in total. The Morgan fingerprint density at radius 3 is 2.67 bits per heavy atom. The maximum absolute atomic E-state index is 13.0. The first-order valence-corrected chi connectivity index (χ1v) is 5.67.